The van der Waals surface area contributed by atoms with Gasteiger partial charge in [0, 0.05) is 36.4 Å². The molecular weight excluding hydrogens is 434 g/mol. The molecule has 2 aliphatic rings. The molecule has 1 unspecified atom stereocenters. The maximum atomic E-state index is 12.1. The van der Waals surface area contributed by atoms with E-state index in [2.05, 4.69) is 33.0 Å². The van der Waals surface area contributed by atoms with Crippen molar-refractivity contribution in [3.63, 3.8) is 0 Å². The van der Waals surface area contributed by atoms with Crippen LogP contribution in [0.1, 0.15) is 87.1 Å². The molecule has 2 heterocycles. The third-order valence-electron chi connectivity index (χ3n) is 6.84. The van der Waals surface area contributed by atoms with E-state index in [9.17, 15) is 9.90 Å². The number of aromatic hydroxyl groups is 1. The smallest absolute Gasteiger partial charge is 0.305 e. The number of carbonyl (C=O) groups excluding carboxylic acids is 1. The molecule has 34 heavy (non-hydrogen) atoms. The summed E-state index contributed by atoms with van der Waals surface area (Å²) in [4.78, 5) is 12.1. The molecule has 0 bridgehead atoms. The summed E-state index contributed by atoms with van der Waals surface area (Å²) in [6.45, 7) is 18.8. The minimum atomic E-state index is -0.896. The van der Waals surface area contributed by atoms with E-state index in [0.717, 1.165) is 18.4 Å². The largest absolute Gasteiger partial charge is 0.508 e. The number of phenols is 1. The first-order valence-corrected chi connectivity index (χ1v) is 12.3. The maximum absolute atomic E-state index is 12.1. The van der Waals surface area contributed by atoms with Gasteiger partial charge < -0.3 is 29.4 Å². The van der Waals surface area contributed by atoms with Crippen LogP contribution in [0.25, 0.3) is 0 Å². The molecule has 0 aromatic heterocycles. The van der Waals surface area contributed by atoms with Gasteiger partial charge in [0.15, 0.2) is 5.79 Å². The van der Waals surface area contributed by atoms with Gasteiger partial charge in [-0.25, -0.2) is 0 Å². The van der Waals surface area contributed by atoms with Crippen LogP contribution in [0.15, 0.2) is 18.2 Å². The predicted molar refractivity (Wildman–Crippen MR) is 131 cm³/mol. The van der Waals surface area contributed by atoms with E-state index in [0.29, 0.717) is 25.4 Å². The number of hydrogen-bond donors (Lipinski definition) is 2. The molecule has 7 heteroatoms. The van der Waals surface area contributed by atoms with Gasteiger partial charge in [0.2, 0.25) is 0 Å². The number of ether oxygens (including phenoxy) is 4. The second-order valence-corrected chi connectivity index (χ2v) is 12.4. The van der Waals surface area contributed by atoms with E-state index in [4.69, 9.17) is 18.9 Å². The highest BCUT2D eigenvalue weighted by Crippen LogP contribution is 2.46. The van der Waals surface area contributed by atoms with Gasteiger partial charge in [0.05, 0.1) is 18.6 Å². The summed E-state index contributed by atoms with van der Waals surface area (Å²) < 4.78 is 25.0. The van der Waals surface area contributed by atoms with Gasteiger partial charge in [-0.15, -0.1) is 0 Å². The van der Waals surface area contributed by atoms with Crippen molar-refractivity contribution < 1.29 is 28.8 Å². The van der Waals surface area contributed by atoms with Gasteiger partial charge in [-0.05, 0) is 57.7 Å². The highest BCUT2D eigenvalue weighted by molar-refractivity contribution is 5.66. The van der Waals surface area contributed by atoms with E-state index in [-0.39, 0.29) is 22.2 Å². The Bertz CT molecular complexity index is 875. The van der Waals surface area contributed by atoms with Gasteiger partial charge in [-0.1, -0.05) is 27.7 Å². The Kier molecular flexibility index (Phi) is 7.08. The van der Waals surface area contributed by atoms with Crippen LogP contribution in [0.4, 0.5) is 0 Å². The highest BCUT2D eigenvalue weighted by Gasteiger charge is 2.56. The lowest BCUT2D eigenvalue weighted by molar-refractivity contribution is -0.350. The lowest BCUT2D eigenvalue weighted by Crippen LogP contribution is -2.68. The quantitative estimate of drug-likeness (QED) is 0.454. The predicted octanol–water partition coefficient (Wildman–Crippen LogP) is 5.04. The van der Waals surface area contributed by atoms with Crippen molar-refractivity contribution >= 4 is 5.97 Å². The van der Waals surface area contributed by atoms with E-state index >= 15 is 0 Å². The summed E-state index contributed by atoms with van der Waals surface area (Å²) >= 11 is 0. The van der Waals surface area contributed by atoms with Crippen LogP contribution >= 0.6 is 0 Å². The highest BCUT2D eigenvalue weighted by atomic mass is 16.7. The maximum Gasteiger partial charge on any atom is 0.305 e. The molecule has 2 saturated heterocycles. The van der Waals surface area contributed by atoms with Crippen molar-refractivity contribution in [2.24, 2.45) is 5.41 Å². The van der Waals surface area contributed by atoms with Gasteiger partial charge >= 0.3 is 5.97 Å². The summed E-state index contributed by atoms with van der Waals surface area (Å²) in [5.41, 5.74) is -0.479. The number of benzene rings is 1. The molecule has 0 amide bonds. The standard InChI is InChI=1S/C27H43NO6/c1-10-26(16-31-27(32-17-26)14-24(6,7)28-25(8,9)15-27)22(33-18(2)29)34-19-11-12-21(30)20(13-19)23(3,4)5/h11-13,22,28,30H,10,14-17H2,1-9H3. The van der Waals surface area contributed by atoms with Crippen molar-refractivity contribution in [3.8, 4) is 11.5 Å². The normalized spacial score (nSPS) is 23.8. The first-order valence-electron chi connectivity index (χ1n) is 12.3. The number of nitrogens with one attached hydrogen (secondary N) is 1. The number of esters is 1. The number of hydrogen-bond acceptors (Lipinski definition) is 7. The minimum Gasteiger partial charge on any atom is -0.508 e. The Morgan fingerprint density at radius 3 is 2.15 bits per heavy atom. The van der Waals surface area contributed by atoms with E-state index < -0.39 is 23.5 Å². The second kappa shape index (κ2) is 8.99. The van der Waals surface area contributed by atoms with Crippen LogP contribution in [0.3, 0.4) is 0 Å². The van der Waals surface area contributed by atoms with Crippen LogP contribution in [-0.2, 0) is 24.4 Å². The third kappa shape index (κ3) is 5.86. The molecule has 2 aliphatic heterocycles. The van der Waals surface area contributed by atoms with Crippen molar-refractivity contribution in [3.05, 3.63) is 23.8 Å². The van der Waals surface area contributed by atoms with Crippen molar-refractivity contribution in [2.45, 2.75) is 110 Å². The number of piperidine rings is 1. The average Bonchev–Trinajstić information content (AvgIpc) is 2.66. The van der Waals surface area contributed by atoms with Crippen LogP contribution in [-0.4, -0.2) is 47.4 Å². The molecule has 0 radical (unpaired) electrons. The molecular formula is C27H43NO6. The van der Waals surface area contributed by atoms with E-state index in [1.54, 1.807) is 18.2 Å². The Morgan fingerprint density at radius 1 is 1.12 bits per heavy atom. The van der Waals surface area contributed by atoms with Crippen LogP contribution < -0.4 is 10.1 Å². The second-order valence-electron chi connectivity index (χ2n) is 12.4. The molecule has 0 saturated carbocycles. The summed E-state index contributed by atoms with van der Waals surface area (Å²) in [5.74, 6) is -0.407. The molecule has 2 fully saturated rings. The molecule has 7 nitrogen and oxygen atoms in total. The number of rotatable bonds is 5. The Labute approximate surface area is 204 Å². The van der Waals surface area contributed by atoms with Crippen molar-refractivity contribution in [1.29, 1.82) is 0 Å². The summed E-state index contributed by atoms with van der Waals surface area (Å²) in [6.07, 6.45) is 1.17. The third-order valence-corrected chi connectivity index (χ3v) is 6.84. The zero-order chi connectivity index (χ0) is 25.6. The molecule has 2 N–H and O–H groups in total. The van der Waals surface area contributed by atoms with Crippen molar-refractivity contribution in [1.82, 2.24) is 5.32 Å². The van der Waals surface area contributed by atoms with Gasteiger partial charge in [-0.2, -0.15) is 0 Å². The summed E-state index contributed by atoms with van der Waals surface area (Å²) in [7, 11) is 0. The molecule has 1 aromatic carbocycles. The molecule has 3 rings (SSSR count). The Morgan fingerprint density at radius 2 is 1.68 bits per heavy atom. The fourth-order valence-corrected chi connectivity index (χ4v) is 5.50. The van der Waals surface area contributed by atoms with E-state index in [1.807, 2.05) is 27.7 Å². The SMILES string of the molecule is CCC1(C(OC(C)=O)Oc2ccc(O)c(C(C)(C)C)c2)COC2(CC(C)(C)NC(C)(C)C2)OC1. The molecule has 192 valence electrons. The first kappa shape index (κ1) is 26.8. The topological polar surface area (TPSA) is 86.3 Å². The molecule has 1 aromatic rings. The minimum absolute atomic E-state index is 0.144. The zero-order valence-corrected chi connectivity index (χ0v) is 22.3. The number of carbonyl (C=O) groups is 1. The summed E-state index contributed by atoms with van der Waals surface area (Å²) in [5, 5.41) is 14.0. The number of phenolic OH excluding ortho intramolecular Hbond substituents is 1. The van der Waals surface area contributed by atoms with Gasteiger partial charge in [0.1, 0.15) is 11.5 Å². The first-order chi connectivity index (χ1) is 15.5. The average molecular weight is 478 g/mol. The Hall–Kier alpha value is -1.83. The summed E-state index contributed by atoms with van der Waals surface area (Å²) in [6, 6.07) is 5.11. The molecule has 1 atom stereocenters. The van der Waals surface area contributed by atoms with Crippen LogP contribution in [0.5, 0.6) is 11.5 Å². The van der Waals surface area contributed by atoms with Gasteiger partial charge in [0.25, 0.3) is 6.29 Å². The molecule has 0 aliphatic carbocycles. The van der Waals surface area contributed by atoms with Crippen LogP contribution in [0.2, 0.25) is 0 Å². The Balaban J connectivity index is 1.87. The lowest BCUT2D eigenvalue weighted by atomic mass is 9.76. The van der Waals surface area contributed by atoms with E-state index in [1.165, 1.54) is 6.92 Å². The van der Waals surface area contributed by atoms with Gasteiger partial charge in [-0.3, -0.25) is 4.79 Å². The lowest BCUT2D eigenvalue weighted by Gasteiger charge is -2.56. The fraction of sp³-hybridized carbons (Fsp3) is 0.741. The monoisotopic (exact) mass is 477 g/mol. The zero-order valence-electron chi connectivity index (χ0n) is 22.3. The molecule has 1 spiro atoms. The van der Waals surface area contributed by atoms with Crippen molar-refractivity contribution in [2.75, 3.05) is 13.2 Å². The fourth-order valence-electron chi connectivity index (χ4n) is 5.50. The van der Waals surface area contributed by atoms with Crippen LogP contribution in [0, 0.1) is 5.41 Å².